The van der Waals surface area contributed by atoms with E-state index < -0.39 is 12.1 Å². The molecule has 4 amide bonds. The van der Waals surface area contributed by atoms with Gasteiger partial charge in [0.1, 0.15) is 0 Å². The topological polar surface area (TPSA) is 87.5 Å². The second-order valence-corrected chi connectivity index (χ2v) is 3.54. The molecule has 0 rings (SSSR count). The van der Waals surface area contributed by atoms with Crippen LogP contribution in [0.1, 0.15) is 27.7 Å². The minimum Gasteiger partial charge on any atom is -0.350 e. The van der Waals surface area contributed by atoms with Gasteiger partial charge in [-0.3, -0.25) is 0 Å². The van der Waals surface area contributed by atoms with Crippen molar-refractivity contribution in [2.24, 2.45) is 5.73 Å². The van der Waals surface area contributed by atoms with Gasteiger partial charge in [-0.15, -0.1) is 0 Å². The highest BCUT2D eigenvalue weighted by atomic mass is 16.2. The summed E-state index contributed by atoms with van der Waals surface area (Å²) in [5, 5.41) is 3.65. The number of nitrogens with one attached hydrogen (secondary N) is 2. The predicted octanol–water partition coefficient (Wildman–Crippen LogP) is 0.398. The van der Waals surface area contributed by atoms with Crippen molar-refractivity contribution < 1.29 is 9.59 Å². The molecule has 0 heterocycles. The van der Waals surface area contributed by atoms with Gasteiger partial charge in [0.05, 0.1) is 0 Å². The zero-order valence-electron chi connectivity index (χ0n) is 9.00. The Kier molecular flexibility index (Phi) is 4.76. The van der Waals surface area contributed by atoms with Gasteiger partial charge in [0, 0.05) is 12.1 Å². The number of nitrogens with zero attached hydrogens (tertiary/aromatic N) is 1. The van der Waals surface area contributed by atoms with Crippen molar-refractivity contribution in [3.8, 4) is 0 Å². The Labute approximate surface area is 83.8 Å². The van der Waals surface area contributed by atoms with Crippen LogP contribution < -0.4 is 16.5 Å². The van der Waals surface area contributed by atoms with E-state index in [0.29, 0.717) is 0 Å². The number of hydrogen-bond donors (Lipinski definition) is 3. The smallest absolute Gasteiger partial charge is 0.333 e. The molecule has 0 radical (unpaired) electrons. The summed E-state index contributed by atoms with van der Waals surface area (Å²) >= 11 is 0. The highest BCUT2D eigenvalue weighted by Crippen LogP contribution is 1.92. The maximum Gasteiger partial charge on any atom is 0.333 e. The summed E-state index contributed by atoms with van der Waals surface area (Å²) < 4.78 is 0. The molecule has 0 aliphatic rings. The summed E-state index contributed by atoms with van der Waals surface area (Å²) in [6, 6.07) is -1.28. The van der Waals surface area contributed by atoms with Crippen LogP contribution in [0.15, 0.2) is 0 Å². The first-order valence-electron chi connectivity index (χ1n) is 4.50. The number of hydrogen-bond acceptors (Lipinski definition) is 2. The van der Waals surface area contributed by atoms with Crippen LogP contribution in [0.2, 0.25) is 0 Å². The zero-order chi connectivity index (χ0) is 11.3. The van der Waals surface area contributed by atoms with Gasteiger partial charge >= 0.3 is 12.1 Å². The molecule has 0 saturated heterocycles. The number of primary amides is 1. The molecule has 0 unspecified atom stereocenters. The Bertz CT molecular complexity index is 215. The van der Waals surface area contributed by atoms with Crippen molar-refractivity contribution in [1.82, 2.24) is 15.8 Å². The molecule has 0 fully saturated rings. The standard InChI is InChI=1S/C8H18N4O2/c1-5(2)10-8(14)11-12(6(3)4)7(9)13/h5-6H,1-4H3,(H2,9,13)(H2,10,11,14). The summed E-state index contributed by atoms with van der Waals surface area (Å²) in [6.07, 6.45) is 0. The summed E-state index contributed by atoms with van der Waals surface area (Å²) in [6.45, 7) is 7.15. The third-order valence-electron chi connectivity index (χ3n) is 1.40. The van der Waals surface area contributed by atoms with E-state index in [-0.39, 0.29) is 12.1 Å². The van der Waals surface area contributed by atoms with Crippen LogP contribution in [-0.2, 0) is 0 Å². The molecular weight excluding hydrogens is 184 g/mol. The lowest BCUT2D eigenvalue weighted by atomic mass is 10.4. The summed E-state index contributed by atoms with van der Waals surface area (Å²) in [4.78, 5) is 22.1. The molecule has 0 atom stereocenters. The van der Waals surface area contributed by atoms with Gasteiger partial charge < -0.3 is 11.1 Å². The molecule has 0 spiro atoms. The lowest BCUT2D eigenvalue weighted by Gasteiger charge is -2.25. The first kappa shape index (κ1) is 12.5. The quantitative estimate of drug-likeness (QED) is 0.566. The van der Waals surface area contributed by atoms with Gasteiger partial charge in [0.25, 0.3) is 0 Å². The summed E-state index contributed by atoms with van der Waals surface area (Å²) in [7, 11) is 0. The van der Waals surface area contributed by atoms with Crippen molar-refractivity contribution >= 4 is 12.1 Å². The molecule has 0 bridgehead atoms. The van der Waals surface area contributed by atoms with E-state index >= 15 is 0 Å². The van der Waals surface area contributed by atoms with Crippen molar-refractivity contribution in [3.05, 3.63) is 0 Å². The highest BCUT2D eigenvalue weighted by molar-refractivity contribution is 5.79. The van der Waals surface area contributed by atoms with Crippen LogP contribution in [0, 0.1) is 0 Å². The minimum atomic E-state index is -0.682. The second kappa shape index (κ2) is 5.31. The maximum atomic E-state index is 11.2. The van der Waals surface area contributed by atoms with E-state index in [4.69, 9.17) is 5.73 Å². The fraction of sp³-hybridized carbons (Fsp3) is 0.750. The zero-order valence-corrected chi connectivity index (χ0v) is 9.00. The van der Waals surface area contributed by atoms with E-state index in [1.807, 2.05) is 13.8 Å². The molecule has 0 aliphatic heterocycles. The number of hydrazine groups is 1. The van der Waals surface area contributed by atoms with Gasteiger partial charge in [0.2, 0.25) is 0 Å². The number of nitrogens with two attached hydrogens (primary N) is 1. The average Bonchev–Trinajstić information content (AvgIpc) is 1.97. The van der Waals surface area contributed by atoms with Crippen LogP contribution in [0.5, 0.6) is 0 Å². The molecule has 0 aromatic rings. The SMILES string of the molecule is CC(C)NC(=O)NN(C(N)=O)C(C)C. The fourth-order valence-corrected chi connectivity index (χ4v) is 0.843. The molecule has 6 nitrogen and oxygen atoms in total. The molecule has 0 aromatic carbocycles. The molecule has 0 saturated carbocycles. The summed E-state index contributed by atoms with van der Waals surface area (Å²) in [5.41, 5.74) is 7.42. The van der Waals surface area contributed by atoms with Crippen LogP contribution in [0.25, 0.3) is 0 Å². The number of carbonyl (C=O) groups is 2. The van der Waals surface area contributed by atoms with Crippen molar-refractivity contribution in [2.45, 2.75) is 39.8 Å². The first-order chi connectivity index (χ1) is 6.34. The second-order valence-electron chi connectivity index (χ2n) is 3.54. The summed E-state index contributed by atoms with van der Waals surface area (Å²) in [5.74, 6) is 0. The third-order valence-corrected chi connectivity index (χ3v) is 1.40. The largest absolute Gasteiger partial charge is 0.350 e. The number of rotatable bonds is 2. The van der Waals surface area contributed by atoms with Crippen LogP contribution >= 0.6 is 0 Å². The molecular formula is C8H18N4O2. The molecule has 0 aromatic heterocycles. The van der Waals surface area contributed by atoms with Gasteiger partial charge in [-0.05, 0) is 27.7 Å². The molecule has 4 N–H and O–H groups in total. The maximum absolute atomic E-state index is 11.2. The Hall–Kier alpha value is -1.46. The predicted molar refractivity (Wildman–Crippen MR) is 53.4 cm³/mol. The van der Waals surface area contributed by atoms with Gasteiger partial charge in [-0.1, -0.05) is 0 Å². The van der Waals surface area contributed by atoms with Crippen LogP contribution in [-0.4, -0.2) is 29.2 Å². The lowest BCUT2D eigenvalue weighted by molar-refractivity contribution is 0.156. The average molecular weight is 202 g/mol. The minimum absolute atomic E-state index is 0.0110. The molecule has 0 aliphatic carbocycles. The normalized spacial score (nSPS) is 10.1. The van der Waals surface area contributed by atoms with E-state index in [9.17, 15) is 9.59 Å². The van der Waals surface area contributed by atoms with Gasteiger partial charge in [-0.25, -0.2) is 20.0 Å². The monoisotopic (exact) mass is 202 g/mol. The van der Waals surface area contributed by atoms with Crippen molar-refractivity contribution in [3.63, 3.8) is 0 Å². The Morgan fingerprint density at radius 3 is 2.00 bits per heavy atom. The fourth-order valence-electron chi connectivity index (χ4n) is 0.843. The van der Waals surface area contributed by atoms with Crippen LogP contribution in [0.3, 0.4) is 0 Å². The van der Waals surface area contributed by atoms with E-state index in [1.54, 1.807) is 13.8 Å². The molecule has 14 heavy (non-hydrogen) atoms. The Balaban J connectivity index is 4.17. The molecule has 6 heteroatoms. The Morgan fingerprint density at radius 2 is 1.71 bits per heavy atom. The van der Waals surface area contributed by atoms with E-state index in [0.717, 1.165) is 5.01 Å². The molecule has 82 valence electrons. The van der Waals surface area contributed by atoms with Crippen molar-refractivity contribution in [1.29, 1.82) is 0 Å². The van der Waals surface area contributed by atoms with E-state index in [2.05, 4.69) is 10.7 Å². The number of carbonyl (C=O) groups excluding carboxylic acids is 2. The van der Waals surface area contributed by atoms with Gasteiger partial charge in [0.15, 0.2) is 0 Å². The third kappa shape index (κ3) is 4.54. The Morgan fingerprint density at radius 1 is 1.21 bits per heavy atom. The van der Waals surface area contributed by atoms with Gasteiger partial charge in [-0.2, -0.15) is 0 Å². The number of amides is 4. The van der Waals surface area contributed by atoms with E-state index in [1.165, 1.54) is 0 Å². The highest BCUT2D eigenvalue weighted by Gasteiger charge is 2.16. The lowest BCUT2D eigenvalue weighted by Crippen LogP contribution is -2.55. The number of urea groups is 2. The van der Waals surface area contributed by atoms with Crippen molar-refractivity contribution in [2.75, 3.05) is 0 Å². The van der Waals surface area contributed by atoms with Crippen LogP contribution in [0.4, 0.5) is 9.59 Å². The first-order valence-corrected chi connectivity index (χ1v) is 4.50.